The van der Waals surface area contributed by atoms with Crippen LogP contribution in [0.4, 0.5) is 5.82 Å². The summed E-state index contributed by atoms with van der Waals surface area (Å²) in [7, 11) is 0. The van der Waals surface area contributed by atoms with Gasteiger partial charge in [-0.1, -0.05) is 24.4 Å². The molecule has 0 spiro atoms. The zero-order chi connectivity index (χ0) is 10.6. The highest BCUT2D eigenvalue weighted by molar-refractivity contribution is 6.32. The van der Waals surface area contributed by atoms with Crippen LogP contribution >= 0.6 is 11.6 Å². The van der Waals surface area contributed by atoms with Crippen molar-refractivity contribution >= 4 is 17.4 Å². The topological polar surface area (TPSA) is 37.8 Å². The summed E-state index contributed by atoms with van der Waals surface area (Å²) in [4.78, 5) is 7.80. The first-order valence-electron chi connectivity index (χ1n) is 4.33. The van der Waals surface area contributed by atoms with Crippen LogP contribution in [0.5, 0.6) is 0 Å². The van der Waals surface area contributed by atoms with E-state index in [0.29, 0.717) is 10.8 Å². The van der Waals surface area contributed by atoms with Gasteiger partial charge in [-0.25, -0.2) is 9.97 Å². The molecule has 3 nitrogen and oxygen atoms in total. The first kappa shape index (κ1) is 10.8. The van der Waals surface area contributed by atoms with E-state index in [9.17, 15) is 0 Å². The molecule has 0 amide bonds. The summed E-state index contributed by atoms with van der Waals surface area (Å²) in [6, 6.07) is 0. The van der Waals surface area contributed by atoms with Crippen LogP contribution in [0.25, 0.3) is 0 Å². The number of aromatic nitrogens is 2. The van der Waals surface area contributed by atoms with Crippen molar-refractivity contribution in [3.8, 4) is 12.3 Å². The number of nitrogens with one attached hydrogen (secondary N) is 1. The number of anilines is 1. The second-order valence-corrected chi connectivity index (χ2v) is 3.58. The Morgan fingerprint density at radius 2 is 2.43 bits per heavy atom. The van der Waals surface area contributed by atoms with Gasteiger partial charge in [-0.2, -0.15) is 0 Å². The molecule has 0 aliphatic heterocycles. The maximum atomic E-state index is 5.89. The number of hydrogen-bond acceptors (Lipinski definition) is 3. The van der Waals surface area contributed by atoms with Crippen molar-refractivity contribution in [1.82, 2.24) is 9.97 Å². The lowest BCUT2D eigenvalue weighted by Gasteiger charge is -2.24. The highest BCUT2D eigenvalue weighted by atomic mass is 35.5. The molecule has 0 fully saturated rings. The van der Waals surface area contributed by atoms with Gasteiger partial charge in [0.2, 0.25) is 0 Å². The number of hydrogen-bond donors (Lipinski definition) is 1. The highest BCUT2D eigenvalue weighted by Gasteiger charge is 2.19. The Balaban J connectivity index is 2.89. The second kappa shape index (κ2) is 4.30. The maximum absolute atomic E-state index is 5.89. The van der Waals surface area contributed by atoms with E-state index in [-0.39, 0.29) is 0 Å². The van der Waals surface area contributed by atoms with E-state index in [2.05, 4.69) is 21.2 Å². The Labute approximate surface area is 88.9 Å². The largest absolute Gasteiger partial charge is 0.353 e. The standard InChI is InChI=1S/C10H12ClN3/c1-4-10(3,5-2)14-9-8(11)6-12-7-13-9/h1,6-7H,5H2,2-3H3,(H,12,13,14). The Morgan fingerprint density at radius 1 is 1.71 bits per heavy atom. The lowest BCUT2D eigenvalue weighted by molar-refractivity contribution is 0.631. The quantitative estimate of drug-likeness (QED) is 0.777. The average molecular weight is 210 g/mol. The summed E-state index contributed by atoms with van der Waals surface area (Å²) in [5.74, 6) is 3.25. The van der Waals surface area contributed by atoms with Crippen LogP contribution < -0.4 is 5.32 Å². The molecular formula is C10H12ClN3. The molecule has 4 heteroatoms. The van der Waals surface area contributed by atoms with Crippen LogP contribution in [0, 0.1) is 12.3 Å². The summed E-state index contributed by atoms with van der Waals surface area (Å²) >= 11 is 5.89. The van der Waals surface area contributed by atoms with E-state index in [1.165, 1.54) is 12.5 Å². The SMILES string of the molecule is C#CC(C)(CC)Nc1ncncc1Cl. The molecular weight excluding hydrogens is 198 g/mol. The summed E-state index contributed by atoms with van der Waals surface area (Å²) in [5.41, 5.74) is -0.419. The molecule has 0 aliphatic rings. The van der Waals surface area contributed by atoms with Gasteiger partial charge >= 0.3 is 0 Å². The van der Waals surface area contributed by atoms with Gasteiger partial charge in [0, 0.05) is 0 Å². The maximum Gasteiger partial charge on any atom is 0.149 e. The normalized spacial score (nSPS) is 14.1. The molecule has 1 atom stereocenters. The average Bonchev–Trinajstić information content (AvgIpc) is 2.21. The van der Waals surface area contributed by atoms with E-state index in [4.69, 9.17) is 18.0 Å². The van der Waals surface area contributed by atoms with E-state index < -0.39 is 5.54 Å². The zero-order valence-corrected chi connectivity index (χ0v) is 8.97. The van der Waals surface area contributed by atoms with Gasteiger partial charge in [0.05, 0.1) is 11.7 Å². The van der Waals surface area contributed by atoms with Gasteiger partial charge in [0.15, 0.2) is 0 Å². The Hall–Kier alpha value is -1.27. The number of terminal acetylenes is 1. The van der Waals surface area contributed by atoms with Crippen LogP contribution in [0.2, 0.25) is 5.02 Å². The molecule has 0 saturated heterocycles. The first-order chi connectivity index (χ1) is 6.61. The third-order valence-corrected chi connectivity index (χ3v) is 2.36. The molecule has 1 heterocycles. The summed E-state index contributed by atoms with van der Waals surface area (Å²) in [5, 5.41) is 3.58. The molecule has 1 aromatic rings. The third kappa shape index (κ3) is 2.36. The smallest absolute Gasteiger partial charge is 0.149 e. The zero-order valence-electron chi connectivity index (χ0n) is 8.21. The monoisotopic (exact) mass is 209 g/mol. The fourth-order valence-corrected chi connectivity index (χ4v) is 1.04. The fourth-order valence-electron chi connectivity index (χ4n) is 0.892. The lowest BCUT2D eigenvalue weighted by Crippen LogP contribution is -2.32. The molecule has 0 aliphatic carbocycles. The predicted molar refractivity (Wildman–Crippen MR) is 58.2 cm³/mol. The molecule has 1 unspecified atom stereocenters. The van der Waals surface area contributed by atoms with Crippen LogP contribution in [-0.2, 0) is 0 Å². The minimum Gasteiger partial charge on any atom is -0.353 e. The van der Waals surface area contributed by atoms with Crippen molar-refractivity contribution < 1.29 is 0 Å². The van der Waals surface area contributed by atoms with Crippen LogP contribution in [0.1, 0.15) is 20.3 Å². The van der Waals surface area contributed by atoms with Crippen molar-refractivity contribution in [3.05, 3.63) is 17.5 Å². The molecule has 0 saturated carbocycles. The first-order valence-corrected chi connectivity index (χ1v) is 4.70. The van der Waals surface area contributed by atoms with Gasteiger partial charge in [-0.05, 0) is 13.3 Å². The molecule has 0 bridgehead atoms. The van der Waals surface area contributed by atoms with Gasteiger partial charge in [0.25, 0.3) is 0 Å². The summed E-state index contributed by atoms with van der Waals surface area (Å²) in [6.45, 7) is 3.92. The molecule has 14 heavy (non-hydrogen) atoms. The van der Waals surface area contributed by atoms with Crippen molar-refractivity contribution in [2.75, 3.05) is 5.32 Å². The van der Waals surface area contributed by atoms with Crippen molar-refractivity contribution in [3.63, 3.8) is 0 Å². The molecule has 1 N–H and O–H groups in total. The van der Waals surface area contributed by atoms with Gasteiger partial charge in [0.1, 0.15) is 17.2 Å². The van der Waals surface area contributed by atoms with Crippen LogP contribution in [0.3, 0.4) is 0 Å². The number of rotatable bonds is 3. The highest BCUT2D eigenvalue weighted by Crippen LogP contribution is 2.22. The second-order valence-electron chi connectivity index (χ2n) is 3.17. The van der Waals surface area contributed by atoms with E-state index in [0.717, 1.165) is 6.42 Å². The van der Waals surface area contributed by atoms with Crippen molar-refractivity contribution in [1.29, 1.82) is 0 Å². The van der Waals surface area contributed by atoms with Crippen LogP contribution in [0.15, 0.2) is 12.5 Å². The van der Waals surface area contributed by atoms with E-state index in [1.54, 1.807) is 0 Å². The number of halogens is 1. The Kier molecular flexibility index (Phi) is 3.32. The minimum absolute atomic E-state index is 0.419. The van der Waals surface area contributed by atoms with Crippen molar-refractivity contribution in [2.24, 2.45) is 0 Å². The lowest BCUT2D eigenvalue weighted by atomic mass is 10.0. The third-order valence-electron chi connectivity index (χ3n) is 2.09. The van der Waals surface area contributed by atoms with Crippen LogP contribution in [-0.4, -0.2) is 15.5 Å². The minimum atomic E-state index is -0.419. The Morgan fingerprint density at radius 3 is 2.93 bits per heavy atom. The molecule has 74 valence electrons. The molecule has 0 radical (unpaired) electrons. The van der Waals surface area contributed by atoms with E-state index >= 15 is 0 Å². The summed E-state index contributed by atoms with van der Waals surface area (Å²) in [6.07, 6.45) is 9.17. The van der Waals surface area contributed by atoms with Gasteiger partial charge < -0.3 is 5.32 Å². The molecule has 0 aromatic carbocycles. The fraction of sp³-hybridized carbons (Fsp3) is 0.400. The van der Waals surface area contributed by atoms with Gasteiger partial charge in [-0.15, -0.1) is 6.42 Å². The number of nitrogens with zero attached hydrogens (tertiary/aromatic N) is 2. The van der Waals surface area contributed by atoms with Gasteiger partial charge in [-0.3, -0.25) is 0 Å². The molecule has 1 aromatic heterocycles. The Bertz CT molecular complexity index is 359. The van der Waals surface area contributed by atoms with Crippen molar-refractivity contribution in [2.45, 2.75) is 25.8 Å². The molecule has 1 rings (SSSR count). The van der Waals surface area contributed by atoms with E-state index in [1.807, 2.05) is 13.8 Å². The predicted octanol–water partition coefficient (Wildman–Crippen LogP) is 2.34. The summed E-state index contributed by atoms with van der Waals surface area (Å²) < 4.78 is 0.